The molecule has 1 aliphatic heterocycles. The van der Waals surface area contributed by atoms with Gasteiger partial charge in [-0.1, -0.05) is 6.92 Å². The van der Waals surface area contributed by atoms with Gasteiger partial charge in [-0.2, -0.15) is 13.2 Å². The van der Waals surface area contributed by atoms with Crippen LogP contribution in [-0.4, -0.2) is 30.3 Å². The number of halogens is 3. The molecule has 3 rings (SSSR count). The van der Waals surface area contributed by atoms with Crippen LogP contribution in [0.4, 0.5) is 18.9 Å². The molecule has 0 N–H and O–H groups in total. The monoisotopic (exact) mass is 368 g/mol. The molecule has 1 aromatic carbocycles. The summed E-state index contributed by atoms with van der Waals surface area (Å²) in [7, 11) is 0. The molecular formula is C19H23F3N2O2. The third-order valence-electron chi connectivity index (χ3n) is 4.32. The van der Waals surface area contributed by atoms with Gasteiger partial charge in [0.25, 0.3) is 0 Å². The minimum Gasteiger partial charge on any atom is -0.489 e. The van der Waals surface area contributed by atoms with Crippen LogP contribution in [-0.2, 0) is 6.18 Å². The van der Waals surface area contributed by atoms with E-state index in [1.165, 1.54) is 0 Å². The van der Waals surface area contributed by atoms with E-state index in [9.17, 15) is 13.2 Å². The van der Waals surface area contributed by atoms with Crippen LogP contribution in [0.2, 0.25) is 0 Å². The second-order valence-corrected chi connectivity index (χ2v) is 6.83. The highest BCUT2D eigenvalue weighted by atomic mass is 19.4. The van der Waals surface area contributed by atoms with Crippen molar-refractivity contribution in [2.45, 2.75) is 52.4 Å². The molecule has 0 saturated carbocycles. The van der Waals surface area contributed by atoms with E-state index in [2.05, 4.69) is 9.88 Å². The number of ether oxygens (including phenoxy) is 2. The van der Waals surface area contributed by atoms with Crippen molar-refractivity contribution in [1.29, 1.82) is 0 Å². The summed E-state index contributed by atoms with van der Waals surface area (Å²) < 4.78 is 52.5. The second-order valence-electron chi connectivity index (χ2n) is 6.83. The van der Waals surface area contributed by atoms with Gasteiger partial charge in [-0.3, -0.25) is 0 Å². The van der Waals surface area contributed by atoms with E-state index in [0.29, 0.717) is 12.3 Å². The Morgan fingerprint density at radius 1 is 1.35 bits per heavy atom. The van der Waals surface area contributed by atoms with Crippen LogP contribution < -0.4 is 14.4 Å². The lowest BCUT2D eigenvalue weighted by molar-refractivity contribution is -0.136. The number of anilines is 1. The smallest absolute Gasteiger partial charge is 0.417 e. The molecule has 1 unspecified atom stereocenters. The van der Waals surface area contributed by atoms with Crippen LogP contribution in [0.5, 0.6) is 11.6 Å². The maximum absolute atomic E-state index is 13.8. The quantitative estimate of drug-likeness (QED) is 0.757. The van der Waals surface area contributed by atoms with Crippen molar-refractivity contribution < 1.29 is 22.6 Å². The second kappa shape index (κ2) is 6.85. The predicted molar refractivity (Wildman–Crippen MR) is 95.1 cm³/mol. The first-order valence-electron chi connectivity index (χ1n) is 8.83. The van der Waals surface area contributed by atoms with Crippen molar-refractivity contribution in [1.82, 2.24) is 4.98 Å². The molecular weight excluding hydrogens is 345 g/mol. The highest BCUT2D eigenvalue weighted by Gasteiger charge is 2.37. The lowest BCUT2D eigenvalue weighted by atomic mass is 10.0. The van der Waals surface area contributed by atoms with Gasteiger partial charge in [0.1, 0.15) is 6.61 Å². The van der Waals surface area contributed by atoms with Gasteiger partial charge < -0.3 is 14.4 Å². The first-order chi connectivity index (χ1) is 12.2. The first-order valence-corrected chi connectivity index (χ1v) is 8.83. The molecule has 4 nitrogen and oxygen atoms in total. The molecule has 7 heteroatoms. The summed E-state index contributed by atoms with van der Waals surface area (Å²) in [5, 5.41) is -0.000825. The Labute approximate surface area is 150 Å². The van der Waals surface area contributed by atoms with E-state index in [1.807, 2.05) is 13.8 Å². The molecule has 0 bridgehead atoms. The number of fused-ring (bicyclic) bond motifs is 3. The van der Waals surface area contributed by atoms with Gasteiger partial charge in [0.15, 0.2) is 5.75 Å². The maximum Gasteiger partial charge on any atom is 0.417 e. The Morgan fingerprint density at radius 2 is 2.08 bits per heavy atom. The highest BCUT2D eigenvalue weighted by molar-refractivity contribution is 5.95. The SMILES string of the molecule is CCCN1c2ccc3nc(OC(C)C)cc(C(F)(F)F)c3c2OCC1C. The number of rotatable bonds is 4. The van der Waals surface area contributed by atoms with E-state index in [0.717, 1.165) is 19.0 Å². The van der Waals surface area contributed by atoms with Gasteiger partial charge >= 0.3 is 6.18 Å². The van der Waals surface area contributed by atoms with E-state index >= 15 is 0 Å². The van der Waals surface area contributed by atoms with Gasteiger partial charge in [0, 0.05) is 12.6 Å². The molecule has 1 aromatic heterocycles. The zero-order valence-electron chi connectivity index (χ0n) is 15.4. The van der Waals surface area contributed by atoms with E-state index < -0.39 is 11.7 Å². The minimum absolute atomic E-state index is 0.000825. The van der Waals surface area contributed by atoms with Crippen molar-refractivity contribution in [3.8, 4) is 11.6 Å². The van der Waals surface area contributed by atoms with Gasteiger partial charge in [-0.25, -0.2) is 4.98 Å². The summed E-state index contributed by atoms with van der Waals surface area (Å²) in [5.41, 5.74) is 0.129. The van der Waals surface area contributed by atoms with Gasteiger partial charge in [-0.05, 0) is 39.3 Å². The number of hydrogen-bond donors (Lipinski definition) is 0. The van der Waals surface area contributed by atoms with Crippen LogP contribution in [0, 0.1) is 0 Å². The van der Waals surface area contributed by atoms with E-state index in [-0.39, 0.29) is 34.7 Å². The topological polar surface area (TPSA) is 34.6 Å². The summed E-state index contributed by atoms with van der Waals surface area (Å²) in [6.07, 6.45) is -3.91. The van der Waals surface area contributed by atoms with Crippen molar-refractivity contribution in [2.24, 2.45) is 0 Å². The molecule has 0 spiro atoms. The third kappa shape index (κ3) is 3.39. The molecule has 0 fully saturated rings. The molecule has 0 saturated heterocycles. The molecule has 2 aromatic rings. The molecule has 1 atom stereocenters. The lowest BCUT2D eigenvalue weighted by Gasteiger charge is -2.37. The lowest BCUT2D eigenvalue weighted by Crippen LogP contribution is -2.41. The zero-order chi connectivity index (χ0) is 19.1. The average Bonchev–Trinajstić information content (AvgIpc) is 2.54. The van der Waals surface area contributed by atoms with Crippen LogP contribution in [0.1, 0.15) is 39.7 Å². The van der Waals surface area contributed by atoms with Crippen LogP contribution in [0.15, 0.2) is 18.2 Å². The molecule has 0 amide bonds. The molecule has 26 heavy (non-hydrogen) atoms. The van der Waals surface area contributed by atoms with Crippen LogP contribution in [0.3, 0.4) is 0 Å². The highest BCUT2D eigenvalue weighted by Crippen LogP contribution is 2.46. The Kier molecular flexibility index (Phi) is 4.90. The first kappa shape index (κ1) is 18.6. The average molecular weight is 368 g/mol. The van der Waals surface area contributed by atoms with E-state index in [4.69, 9.17) is 9.47 Å². The fourth-order valence-electron chi connectivity index (χ4n) is 3.27. The molecule has 142 valence electrons. The van der Waals surface area contributed by atoms with Gasteiger partial charge in [0.2, 0.25) is 5.88 Å². The number of pyridine rings is 1. The Morgan fingerprint density at radius 3 is 2.69 bits per heavy atom. The normalized spacial score (nSPS) is 17.4. The van der Waals surface area contributed by atoms with Gasteiger partial charge in [-0.15, -0.1) is 0 Å². The molecule has 0 aliphatic carbocycles. The number of hydrogen-bond acceptors (Lipinski definition) is 4. The van der Waals surface area contributed by atoms with Crippen LogP contribution in [0.25, 0.3) is 10.9 Å². The summed E-state index contributed by atoms with van der Waals surface area (Å²) in [6.45, 7) is 8.64. The fourth-order valence-corrected chi connectivity index (χ4v) is 3.27. The molecule has 1 aliphatic rings. The fraction of sp³-hybridized carbons (Fsp3) is 0.526. The predicted octanol–water partition coefficient (Wildman–Crippen LogP) is 5.04. The van der Waals surface area contributed by atoms with Crippen molar-refractivity contribution in [2.75, 3.05) is 18.1 Å². The largest absolute Gasteiger partial charge is 0.489 e. The van der Waals surface area contributed by atoms with Crippen molar-refractivity contribution in [3.05, 3.63) is 23.8 Å². The summed E-state index contributed by atoms with van der Waals surface area (Å²) >= 11 is 0. The molecule has 2 heterocycles. The minimum atomic E-state index is -4.53. The Bertz CT molecular complexity index is 805. The standard InChI is InChI=1S/C19H23F3N2O2/c1-5-8-24-12(4)10-25-18-15(24)7-6-14-17(18)13(19(20,21)22)9-16(23-14)26-11(2)3/h6-7,9,11-12H,5,8,10H2,1-4H3. The number of alkyl halides is 3. The number of benzene rings is 1. The Hall–Kier alpha value is -2.18. The van der Waals surface area contributed by atoms with Crippen molar-refractivity contribution >= 4 is 16.6 Å². The summed E-state index contributed by atoms with van der Waals surface area (Å²) in [5.74, 6) is 0.222. The summed E-state index contributed by atoms with van der Waals surface area (Å²) in [4.78, 5) is 6.36. The summed E-state index contributed by atoms with van der Waals surface area (Å²) in [6, 6.07) is 4.47. The zero-order valence-corrected chi connectivity index (χ0v) is 15.4. The molecule has 0 radical (unpaired) electrons. The van der Waals surface area contributed by atoms with Crippen LogP contribution >= 0.6 is 0 Å². The third-order valence-corrected chi connectivity index (χ3v) is 4.32. The number of aromatic nitrogens is 1. The number of nitrogens with zero attached hydrogens (tertiary/aromatic N) is 2. The van der Waals surface area contributed by atoms with Crippen molar-refractivity contribution in [3.63, 3.8) is 0 Å². The maximum atomic E-state index is 13.8. The Balaban J connectivity index is 2.26. The van der Waals surface area contributed by atoms with Gasteiger partial charge in [0.05, 0.1) is 34.3 Å². The van der Waals surface area contributed by atoms with E-state index in [1.54, 1.807) is 26.0 Å².